The fraction of sp³-hybridized carbons (Fsp3) is 0. The molecule has 14 heavy (non-hydrogen) atoms. The van der Waals surface area contributed by atoms with Crippen LogP contribution in [0.5, 0.6) is 5.75 Å². The van der Waals surface area contributed by atoms with E-state index in [0.29, 0.717) is 0 Å². The highest BCUT2D eigenvalue weighted by Crippen LogP contribution is 2.48. The van der Waals surface area contributed by atoms with Gasteiger partial charge in [-0.05, 0) is 47.8 Å². The molecule has 0 bridgehead atoms. The number of nitrogen functional groups attached to an aromatic ring is 1. The first-order valence-corrected chi connectivity index (χ1v) is 5.55. The first-order valence-electron chi connectivity index (χ1n) is 3.17. The second-order valence-corrected chi connectivity index (χ2v) is 4.69. The molecular formula is C6H3Br3N2O3. The van der Waals surface area contributed by atoms with Gasteiger partial charge in [0, 0.05) is 0 Å². The Kier molecular flexibility index (Phi) is 3.38. The molecule has 0 heterocycles. The quantitative estimate of drug-likeness (QED) is 0.438. The number of hydrogen-bond donors (Lipinski definition) is 2. The normalized spacial score (nSPS) is 10.2. The summed E-state index contributed by atoms with van der Waals surface area (Å²) in [5.41, 5.74) is 5.29. The molecule has 1 rings (SSSR count). The molecule has 1 aromatic rings. The average molecular weight is 391 g/mol. The van der Waals surface area contributed by atoms with Crippen molar-refractivity contribution in [3.8, 4) is 5.75 Å². The van der Waals surface area contributed by atoms with Crippen molar-refractivity contribution in [2.24, 2.45) is 0 Å². The van der Waals surface area contributed by atoms with Crippen LogP contribution in [0.1, 0.15) is 0 Å². The molecule has 0 aliphatic heterocycles. The zero-order chi connectivity index (χ0) is 11.0. The minimum atomic E-state index is -0.642. The molecule has 1 aromatic carbocycles. The zero-order valence-corrected chi connectivity index (χ0v) is 11.2. The average Bonchev–Trinajstić information content (AvgIpc) is 2.11. The van der Waals surface area contributed by atoms with E-state index in [1.807, 2.05) is 0 Å². The van der Waals surface area contributed by atoms with Gasteiger partial charge in [-0.15, -0.1) is 0 Å². The summed E-state index contributed by atoms with van der Waals surface area (Å²) in [5, 5.41) is 20.1. The van der Waals surface area contributed by atoms with Crippen molar-refractivity contribution < 1.29 is 10.0 Å². The highest BCUT2D eigenvalue weighted by molar-refractivity contribution is 9.12. The van der Waals surface area contributed by atoms with Crippen LogP contribution in [0.4, 0.5) is 11.4 Å². The van der Waals surface area contributed by atoms with Crippen molar-refractivity contribution in [1.82, 2.24) is 0 Å². The van der Waals surface area contributed by atoms with Crippen molar-refractivity contribution in [2.45, 2.75) is 0 Å². The number of anilines is 1. The number of nitrogens with zero attached hydrogens (tertiary/aromatic N) is 1. The highest BCUT2D eigenvalue weighted by Gasteiger charge is 2.26. The number of rotatable bonds is 1. The fourth-order valence-corrected chi connectivity index (χ4v) is 3.09. The number of nitro benzene ring substituents is 1. The second-order valence-electron chi connectivity index (χ2n) is 2.31. The third-order valence-electron chi connectivity index (χ3n) is 1.49. The van der Waals surface area contributed by atoms with Gasteiger partial charge < -0.3 is 10.8 Å². The number of phenols is 1. The van der Waals surface area contributed by atoms with Gasteiger partial charge in [0.15, 0.2) is 5.75 Å². The van der Waals surface area contributed by atoms with Crippen molar-refractivity contribution in [1.29, 1.82) is 0 Å². The van der Waals surface area contributed by atoms with E-state index in [-0.39, 0.29) is 30.5 Å². The SMILES string of the molecule is Nc1c(Br)c(O)c(Br)c([N+](=O)[O-])c1Br. The molecule has 76 valence electrons. The zero-order valence-electron chi connectivity index (χ0n) is 6.42. The summed E-state index contributed by atoms with van der Waals surface area (Å²) in [6.45, 7) is 0. The lowest BCUT2D eigenvalue weighted by molar-refractivity contribution is -0.386. The van der Waals surface area contributed by atoms with Gasteiger partial charge in [-0.3, -0.25) is 10.1 Å². The van der Waals surface area contributed by atoms with E-state index in [0.717, 1.165) is 0 Å². The largest absolute Gasteiger partial charge is 0.505 e. The Balaban J connectivity index is 3.68. The van der Waals surface area contributed by atoms with E-state index in [4.69, 9.17) is 5.73 Å². The molecule has 0 aliphatic rings. The number of benzene rings is 1. The molecule has 5 nitrogen and oxygen atoms in total. The van der Waals surface area contributed by atoms with Crippen LogP contribution in [0.3, 0.4) is 0 Å². The van der Waals surface area contributed by atoms with Gasteiger partial charge in [0.1, 0.15) is 8.95 Å². The molecule has 0 atom stereocenters. The van der Waals surface area contributed by atoms with Gasteiger partial charge in [0.2, 0.25) is 0 Å². The molecule has 0 saturated carbocycles. The Morgan fingerprint density at radius 1 is 1.21 bits per heavy atom. The molecule has 8 heteroatoms. The van der Waals surface area contributed by atoms with E-state index in [2.05, 4.69) is 47.8 Å². The molecule has 0 spiro atoms. The van der Waals surface area contributed by atoms with Gasteiger partial charge in [-0.25, -0.2) is 0 Å². The van der Waals surface area contributed by atoms with E-state index >= 15 is 0 Å². The predicted molar refractivity (Wildman–Crippen MR) is 62.3 cm³/mol. The number of nitro groups is 1. The molecule has 0 amide bonds. The number of nitrogens with two attached hydrogens (primary N) is 1. The van der Waals surface area contributed by atoms with Crippen LogP contribution in [-0.2, 0) is 0 Å². The molecule has 3 N–H and O–H groups in total. The molecule has 0 unspecified atom stereocenters. The minimum absolute atomic E-state index is 0.0181. The first-order chi connectivity index (χ1) is 6.37. The van der Waals surface area contributed by atoms with Gasteiger partial charge in [-0.2, -0.15) is 0 Å². The summed E-state index contributed by atoms with van der Waals surface area (Å²) >= 11 is 8.89. The topological polar surface area (TPSA) is 89.4 Å². The van der Waals surface area contributed by atoms with Gasteiger partial charge in [-0.1, -0.05) is 0 Å². The summed E-state index contributed by atoms with van der Waals surface area (Å²) in [6.07, 6.45) is 0. The summed E-state index contributed by atoms with van der Waals surface area (Å²) in [6, 6.07) is 0. The number of aromatic hydroxyl groups is 1. The maximum atomic E-state index is 10.6. The third kappa shape index (κ3) is 1.73. The Bertz CT molecular complexity index is 392. The lowest BCUT2D eigenvalue weighted by Gasteiger charge is -2.07. The van der Waals surface area contributed by atoms with Gasteiger partial charge in [0.05, 0.1) is 15.1 Å². The van der Waals surface area contributed by atoms with Crippen LogP contribution in [0.2, 0.25) is 0 Å². The van der Waals surface area contributed by atoms with E-state index in [1.54, 1.807) is 0 Å². The molecule has 0 fully saturated rings. The smallest absolute Gasteiger partial charge is 0.303 e. The molecular weight excluding hydrogens is 388 g/mol. The number of hydrogen-bond acceptors (Lipinski definition) is 4. The Labute approximate surface area is 104 Å². The number of halogens is 3. The highest BCUT2D eigenvalue weighted by atomic mass is 79.9. The van der Waals surface area contributed by atoms with Crippen molar-refractivity contribution in [2.75, 3.05) is 5.73 Å². The lowest BCUT2D eigenvalue weighted by Crippen LogP contribution is -1.97. The van der Waals surface area contributed by atoms with Crippen LogP contribution in [0, 0.1) is 10.1 Å². The van der Waals surface area contributed by atoms with Crippen molar-refractivity contribution >= 4 is 59.2 Å². The van der Waals surface area contributed by atoms with E-state index < -0.39 is 4.92 Å². The molecule has 0 radical (unpaired) electrons. The second kappa shape index (κ2) is 4.03. The van der Waals surface area contributed by atoms with Crippen molar-refractivity contribution in [3.63, 3.8) is 0 Å². The summed E-state index contributed by atoms with van der Waals surface area (Å²) in [4.78, 5) is 9.98. The monoisotopic (exact) mass is 388 g/mol. The number of phenolic OH excluding ortho intramolecular Hbond substituents is 1. The van der Waals surface area contributed by atoms with E-state index in [1.165, 1.54) is 0 Å². The summed E-state index contributed by atoms with van der Waals surface area (Å²) in [5.74, 6) is -0.294. The van der Waals surface area contributed by atoms with Crippen LogP contribution < -0.4 is 5.73 Å². The van der Waals surface area contributed by atoms with Crippen molar-refractivity contribution in [3.05, 3.63) is 23.5 Å². The van der Waals surface area contributed by atoms with Gasteiger partial charge in [0.25, 0.3) is 0 Å². The minimum Gasteiger partial charge on any atom is -0.505 e. The van der Waals surface area contributed by atoms with Gasteiger partial charge >= 0.3 is 5.69 Å². The molecule has 0 aromatic heterocycles. The maximum Gasteiger partial charge on any atom is 0.303 e. The standard InChI is InChI=1S/C6H3Br3N2O3/c7-1-4(10)2(8)6(12)3(9)5(1)11(13)14/h12H,10H2. The molecule has 0 saturated heterocycles. The predicted octanol–water partition coefficient (Wildman–Crippen LogP) is 3.17. The Hall–Kier alpha value is -0.340. The molecule has 0 aliphatic carbocycles. The van der Waals surface area contributed by atoms with E-state index in [9.17, 15) is 15.2 Å². The Morgan fingerprint density at radius 3 is 2.14 bits per heavy atom. The third-order valence-corrected chi connectivity index (χ3v) is 3.84. The van der Waals surface area contributed by atoms with Crippen LogP contribution in [0.15, 0.2) is 13.4 Å². The fourth-order valence-electron chi connectivity index (χ4n) is 0.817. The first kappa shape index (κ1) is 11.7. The summed E-state index contributed by atoms with van der Waals surface area (Å²) in [7, 11) is 0. The summed E-state index contributed by atoms with van der Waals surface area (Å²) < 4.78 is 0.316. The van der Waals surface area contributed by atoms with Crippen LogP contribution >= 0.6 is 47.8 Å². The Morgan fingerprint density at radius 2 is 1.71 bits per heavy atom. The van der Waals surface area contributed by atoms with Crippen LogP contribution in [0.25, 0.3) is 0 Å². The lowest BCUT2D eigenvalue weighted by atomic mass is 10.2. The van der Waals surface area contributed by atoms with Crippen LogP contribution in [-0.4, -0.2) is 10.0 Å². The maximum absolute atomic E-state index is 10.6.